The summed E-state index contributed by atoms with van der Waals surface area (Å²) in [4.78, 5) is 23.5. The average molecular weight is 402 g/mol. The Labute approximate surface area is 156 Å². The molecule has 0 aliphatic carbocycles. The highest BCUT2D eigenvalue weighted by atomic mass is 35.5. The number of halogens is 1. The lowest BCUT2D eigenvalue weighted by atomic mass is 9.97. The predicted octanol–water partition coefficient (Wildman–Crippen LogP) is 0.852. The minimum atomic E-state index is -4.27. The molecule has 0 fully saturated rings. The number of amides is 2. The molecule has 0 spiro atoms. The second-order valence-electron chi connectivity index (χ2n) is 5.92. The van der Waals surface area contributed by atoms with Crippen LogP contribution in [-0.4, -0.2) is 49.7 Å². The molecule has 0 bridgehead atoms. The first-order valence-electron chi connectivity index (χ1n) is 8.47. The summed E-state index contributed by atoms with van der Waals surface area (Å²) in [6.07, 6.45) is 5.08. The largest absolute Gasteiger partial charge is 0.356 e. The van der Waals surface area contributed by atoms with Crippen LogP contribution in [0.3, 0.4) is 0 Å². The SMILES string of the molecule is CCCC(CCC)C(=O)NCCCCNC(=O)[C@@H](N)CS(=O)(=O)O.Cl. The van der Waals surface area contributed by atoms with Crippen molar-refractivity contribution in [1.29, 1.82) is 0 Å². The summed E-state index contributed by atoms with van der Waals surface area (Å²) in [6.45, 7) is 4.99. The van der Waals surface area contributed by atoms with Crippen LogP contribution in [0.2, 0.25) is 0 Å². The molecular weight excluding hydrogens is 370 g/mol. The second-order valence-corrected chi connectivity index (χ2v) is 7.42. The van der Waals surface area contributed by atoms with E-state index in [2.05, 4.69) is 24.5 Å². The van der Waals surface area contributed by atoms with Crippen molar-refractivity contribution in [2.45, 2.75) is 58.4 Å². The molecule has 0 aromatic rings. The van der Waals surface area contributed by atoms with Crippen LogP contribution in [0.1, 0.15) is 52.4 Å². The van der Waals surface area contributed by atoms with E-state index in [0.29, 0.717) is 25.9 Å². The van der Waals surface area contributed by atoms with Crippen LogP contribution < -0.4 is 16.4 Å². The van der Waals surface area contributed by atoms with Crippen molar-refractivity contribution >= 4 is 34.3 Å². The summed E-state index contributed by atoms with van der Waals surface area (Å²) in [5, 5.41) is 5.41. The van der Waals surface area contributed by atoms with Gasteiger partial charge in [-0.2, -0.15) is 8.42 Å². The van der Waals surface area contributed by atoms with Crippen LogP contribution in [0.15, 0.2) is 0 Å². The molecule has 0 aliphatic heterocycles. The lowest BCUT2D eigenvalue weighted by Crippen LogP contribution is -2.45. The number of hydrogen-bond donors (Lipinski definition) is 4. The zero-order valence-corrected chi connectivity index (χ0v) is 16.6. The number of rotatable bonds is 13. The van der Waals surface area contributed by atoms with Gasteiger partial charge in [0.1, 0.15) is 6.04 Å². The Morgan fingerprint density at radius 3 is 1.84 bits per heavy atom. The molecule has 0 radical (unpaired) electrons. The van der Waals surface area contributed by atoms with E-state index in [9.17, 15) is 18.0 Å². The summed E-state index contributed by atoms with van der Waals surface area (Å²) in [5.41, 5.74) is 5.37. The number of hydrogen-bond acceptors (Lipinski definition) is 5. The van der Waals surface area contributed by atoms with E-state index in [-0.39, 0.29) is 24.2 Å². The molecular formula is C15H32ClN3O5S. The minimum Gasteiger partial charge on any atom is -0.356 e. The molecule has 25 heavy (non-hydrogen) atoms. The second kappa shape index (κ2) is 14.3. The molecule has 10 heteroatoms. The van der Waals surface area contributed by atoms with E-state index in [0.717, 1.165) is 25.7 Å². The van der Waals surface area contributed by atoms with Crippen molar-refractivity contribution in [2.24, 2.45) is 11.7 Å². The molecule has 0 aliphatic rings. The molecule has 0 unspecified atom stereocenters. The molecule has 2 amide bonds. The van der Waals surface area contributed by atoms with Crippen molar-refractivity contribution in [3.8, 4) is 0 Å². The monoisotopic (exact) mass is 401 g/mol. The normalized spacial score (nSPS) is 12.4. The zero-order valence-electron chi connectivity index (χ0n) is 15.0. The maximum absolute atomic E-state index is 12.0. The third-order valence-electron chi connectivity index (χ3n) is 3.57. The van der Waals surface area contributed by atoms with Gasteiger partial charge in [0.15, 0.2) is 0 Å². The van der Waals surface area contributed by atoms with Gasteiger partial charge in [-0.1, -0.05) is 26.7 Å². The van der Waals surface area contributed by atoms with Gasteiger partial charge in [0, 0.05) is 19.0 Å². The summed E-state index contributed by atoms with van der Waals surface area (Å²) in [6, 6.07) is -1.29. The average Bonchev–Trinajstić information content (AvgIpc) is 2.48. The lowest BCUT2D eigenvalue weighted by molar-refractivity contribution is -0.125. The Hall–Kier alpha value is -0.900. The fraction of sp³-hybridized carbons (Fsp3) is 0.867. The van der Waals surface area contributed by atoms with Gasteiger partial charge in [-0.25, -0.2) is 0 Å². The van der Waals surface area contributed by atoms with Crippen LogP contribution in [-0.2, 0) is 19.7 Å². The standard InChI is InChI=1S/C15H31N3O5S.ClH/c1-3-7-12(8-4-2)14(19)17-9-5-6-10-18-15(20)13(16)11-24(21,22)23;/h12-13H,3-11,16H2,1-2H3,(H,17,19)(H,18,20)(H,21,22,23);1H/t13-;/m0./s1. The van der Waals surface area contributed by atoms with Crippen molar-refractivity contribution in [2.75, 3.05) is 18.8 Å². The smallest absolute Gasteiger partial charge is 0.266 e. The Bertz CT molecular complexity index is 482. The lowest BCUT2D eigenvalue weighted by Gasteiger charge is -2.15. The maximum atomic E-state index is 12.0. The van der Waals surface area contributed by atoms with Gasteiger partial charge in [-0.15, -0.1) is 12.4 Å². The molecule has 0 saturated carbocycles. The Balaban J connectivity index is 0. The highest BCUT2D eigenvalue weighted by Gasteiger charge is 2.19. The van der Waals surface area contributed by atoms with Crippen LogP contribution in [0.4, 0.5) is 0 Å². The van der Waals surface area contributed by atoms with Crippen molar-refractivity contribution in [3.63, 3.8) is 0 Å². The Morgan fingerprint density at radius 1 is 1.00 bits per heavy atom. The van der Waals surface area contributed by atoms with Gasteiger partial charge in [0.05, 0.1) is 5.75 Å². The number of carbonyl (C=O) groups excluding carboxylic acids is 2. The fourth-order valence-electron chi connectivity index (χ4n) is 2.35. The van der Waals surface area contributed by atoms with E-state index in [4.69, 9.17) is 10.3 Å². The highest BCUT2D eigenvalue weighted by Crippen LogP contribution is 2.13. The van der Waals surface area contributed by atoms with E-state index in [1.807, 2.05) is 0 Å². The third-order valence-corrected chi connectivity index (χ3v) is 4.35. The van der Waals surface area contributed by atoms with Crippen LogP contribution in [0.5, 0.6) is 0 Å². The topological polar surface area (TPSA) is 139 Å². The van der Waals surface area contributed by atoms with Crippen LogP contribution in [0, 0.1) is 5.92 Å². The number of nitrogens with one attached hydrogen (secondary N) is 2. The first-order valence-corrected chi connectivity index (χ1v) is 10.1. The van der Waals surface area contributed by atoms with Crippen molar-refractivity contribution < 1.29 is 22.6 Å². The molecule has 0 heterocycles. The molecule has 1 atom stereocenters. The van der Waals surface area contributed by atoms with Gasteiger partial charge >= 0.3 is 0 Å². The Morgan fingerprint density at radius 2 is 1.44 bits per heavy atom. The summed E-state index contributed by atoms with van der Waals surface area (Å²) >= 11 is 0. The van der Waals surface area contributed by atoms with Gasteiger partial charge in [-0.3, -0.25) is 14.1 Å². The van der Waals surface area contributed by atoms with Crippen LogP contribution in [0.25, 0.3) is 0 Å². The number of nitrogens with two attached hydrogens (primary N) is 1. The predicted molar refractivity (Wildman–Crippen MR) is 100 cm³/mol. The van der Waals surface area contributed by atoms with E-state index >= 15 is 0 Å². The maximum Gasteiger partial charge on any atom is 0.266 e. The number of unbranched alkanes of at least 4 members (excludes halogenated alkanes) is 1. The first kappa shape index (κ1) is 26.3. The summed E-state index contributed by atoms with van der Waals surface area (Å²) in [5.74, 6) is -1.27. The zero-order chi connectivity index (χ0) is 18.6. The molecule has 8 nitrogen and oxygen atoms in total. The minimum absolute atomic E-state index is 0. The fourth-order valence-corrected chi connectivity index (χ4v) is 2.96. The quantitative estimate of drug-likeness (QED) is 0.266. The van der Waals surface area contributed by atoms with Crippen molar-refractivity contribution in [1.82, 2.24) is 10.6 Å². The summed E-state index contributed by atoms with van der Waals surface area (Å²) in [7, 11) is -4.27. The molecule has 0 saturated heterocycles. The molecule has 0 rings (SSSR count). The molecule has 0 aromatic carbocycles. The highest BCUT2D eigenvalue weighted by molar-refractivity contribution is 7.85. The van der Waals surface area contributed by atoms with E-state index < -0.39 is 27.8 Å². The first-order chi connectivity index (χ1) is 11.2. The third kappa shape index (κ3) is 14.0. The van der Waals surface area contributed by atoms with E-state index in [1.54, 1.807) is 0 Å². The van der Waals surface area contributed by atoms with Gasteiger partial charge in [-0.05, 0) is 25.7 Å². The van der Waals surface area contributed by atoms with Gasteiger partial charge < -0.3 is 16.4 Å². The van der Waals surface area contributed by atoms with Gasteiger partial charge in [0.2, 0.25) is 11.8 Å². The Kier molecular flexibility index (Phi) is 15.0. The van der Waals surface area contributed by atoms with Crippen LogP contribution >= 0.6 is 12.4 Å². The van der Waals surface area contributed by atoms with Crippen molar-refractivity contribution in [3.05, 3.63) is 0 Å². The van der Waals surface area contributed by atoms with E-state index in [1.165, 1.54) is 0 Å². The molecule has 5 N–H and O–H groups in total. The molecule has 150 valence electrons. The molecule has 0 aromatic heterocycles. The summed E-state index contributed by atoms with van der Waals surface area (Å²) < 4.78 is 29.9. The van der Waals surface area contributed by atoms with Gasteiger partial charge in [0.25, 0.3) is 10.1 Å². The number of carbonyl (C=O) groups is 2.